The Morgan fingerprint density at radius 3 is 2.78 bits per heavy atom. The van der Waals surface area contributed by atoms with Gasteiger partial charge >= 0.3 is 0 Å². The number of fused-ring (bicyclic) bond motifs is 1. The van der Waals surface area contributed by atoms with E-state index in [0.29, 0.717) is 23.4 Å². The molecule has 0 bridgehead atoms. The maximum Gasteiger partial charge on any atom is 0.239 e. The highest BCUT2D eigenvalue weighted by molar-refractivity contribution is 8.00. The van der Waals surface area contributed by atoms with Gasteiger partial charge < -0.3 is 14.6 Å². The summed E-state index contributed by atoms with van der Waals surface area (Å²) in [4.78, 5) is 16.8. The summed E-state index contributed by atoms with van der Waals surface area (Å²) in [7, 11) is 0. The van der Waals surface area contributed by atoms with Crippen LogP contribution in [0.1, 0.15) is 30.9 Å². The van der Waals surface area contributed by atoms with Gasteiger partial charge in [0.25, 0.3) is 0 Å². The number of benzene rings is 2. The SMILES string of the molecule is CCn1c(COc2ccc3ccccc3c2C)nnc1S[C@H](C)C(=O)Nc1nc(C)cs1. The molecule has 0 fully saturated rings. The molecule has 0 aliphatic heterocycles. The van der Waals surface area contributed by atoms with E-state index in [1.807, 2.05) is 48.9 Å². The van der Waals surface area contributed by atoms with Crippen LogP contribution in [0.5, 0.6) is 5.75 Å². The van der Waals surface area contributed by atoms with Crippen molar-refractivity contribution in [3.8, 4) is 5.75 Å². The van der Waals surface area contributed by atoms with Crippen LogP contribution in [0, 0.1) is 13.8 Å². The van der Waals surface area contributed by atoms with Crippen molar-refractivity contribution in [1.82, 2.24) is 19.7 Å². The van der Waals surface area contributed by atoms with E-state index in [4.69, 9.17) is 4.74 Å². The van der Waals surface area contributed by atoms with Crippen molar-refractivity contribution in [1.29, 1.82) is 0 Å². The van der Waals surface area contributed by atoms with E-state index in [-0.39, 0.29) is 11.2 Å². The highest BCUT2D eigenvalue weighted by atomic mass is 32.2. The quantitative estimate of drug-likeness (QED) is 0.358. The van der Waals surface area contributed by atoms with Crippen molar-refractivity contribution in [2.24, 2.45) is 0 Å². The molecule has 0 aliphatic rings. The predicted molar refractivity (Wildman–Crippen MR) is 130 cm³/mol. The zero-order valence-electron chi connectivity index (χ0n) is 18.5. The highest BCUT2D eigenvalue weighted by Gasteiger charge is 2.21. The van der Waals surface area contributed by atoms with E-state index >= 15 is 0 Å². The first-order chi connectivity index (χ1) is 15.5. The molecule has 1 atom stereocenters. The molecule has 2 aromatic heterocycles. The van der Waals surface area contributed by atoms with E-state index in [0.717, 1.165) is 22.8 Å². The summed E-state index contributed by atoms with van der Waals surface area (Å²) < 4.78 is 8.09. The Bertz CT molecular complexity index is 1250. The third kappa shape index (κ3) is 4.78. The molecule has 1 amide bonds. The topological polar surface area (TPSA) is 81.9 Å². The van der Waals surface area contributed by atoms with Crippen LogP contribution in [0.4, 0.5) is 5.13 Å². The van der Waals surface area contributed by atoms with Crippen LogP contribution >= 0.6 is 23.1 Å². The minimum Gasteiger partial charge on any atom is -0.485 e. The maximum atomic E-state index is 12.5. The van der Waals surface area contributed by atoms with Crippen molar-refractivity contribution in [2.45, 2.75) is 51.3 Å². The third-order valence-corrected chi connectivity index (χ3v) is 7.07. The van der Waals surface area contributed by atoms with Gasteiger partial charge in [-0.25, -0.2) is 4.98 Å². The van der Waals surface area contributed by atoms with Crippen molar-refractivity contribution in [2.75, 3.05) is 5.32 Å². The predicted octanol–water partition coefficient (Wildman–Crippen LogP) is 5.22. The van der Waals surface area contributed by atoms with Gasteiger partial charge in [-0.1, -0.05) is 42.1 Å². The fourth-order valence-electron chi connectivity index (χ4n) is 3.37. The van der Waals surface area contributed by atoms with Gasteiger partial charge in [-0.3, -0.25) is 4.79 Å². The number of nitrogens with zero attached hydrogens (tertiary/aromatic N) is 4. The summed E-state index contributed by atoms with van der Waals surface area (Å²) in [6, 6.07) is 12.3. The number of aromatic nitrogens is 4. The highest BCUT2D eigenvalue weighted by Crippen LogP contribution is 2.28. The Hall–Kier alpha value is -2.91. The van der Waals surface area contributed by atoms with Crippen LogP contribution in [-0.2, 0) is 17.9 Å². The van der Waals surface area contributed by atoms with Gasteiger partial charge in [0, 0.05) is 11.9 Å². The number of carbonyl (C=O) groups excluding carboxylic acids is 1. The summed E-state index contributed by atoms with van der Waals surface area (Å²) in [5.74, 6) is 1.44. The van der Waals surface area contributed by atoms with E-state index in [2.05, 4.69) is 45.6 Å². The van der Waals surface area contributed by atoms with E-state index in [1.54, 1.807) is 0 Å². The molecule has 2 aromatic carbocycles. The Labute approximate surface area is 195 Å². The lowest BCUT2D eigenvalue weighted by atomic mass is 10.0. The fourth-order valence-corrected chi connectivity index (χ4v) is 4.99. The monoisotopic (exact) mass is 467 g/mol. The molecule has 4 rings (SSSR count). The summed E-state index contributed by atoms with van der Waals surface area (Å²) >= 11 is 2.79. The molecule has 0 aliphatic carbocycles. The van der Waals surface area contributed by atoms with Gasteiger partial charge in [0.05, 0.1) is 10.9 Å². The molecule has 4 aromatic rings. The number of aryl methyl sites for hydroxylation is 2. The van der Waals surface area contributed by atoms with Crippen LogP contribution in [0.3, 0.4) is 0 Å². The van der Waals surface area contributed by atoms with Gasteiger partial charge in [0.2, 0.25) is 5.91 Å². The molecule has 9 heteroatoms. The van der Waals surface area contributed by atoms with E-state index in [1.165, 1.54) is 33.9 Å². The first-order valence-electron chi connectivity index (χ1n) is 10.4. The maximum absolute atomic E-state index is 12.5. The fraction of sp³-hybridized carbons (Fsp3) is 0.304. The number of anilines is 1. The number of rotatable bonds is 8. The molecule has 7 nitrogen and oxygen atoms in total. The number of hydrogen-bond acceptors (Lipinski definition) is 7. The normalized spacial score (nSPS) is 12.1. The number of carbonyl (C=O) groups is 1. The zero-order chi connectivity index (χ0) is 22.7. The molecule has 32 heavy (non-hydrogen) atoms. The number of amides is 1. The molecule has 1 N–H and O–H groups in total. The molecule has 0 saturated heterocycles. The second-order valence-electron chi connectivity index (χ2n) is 7.38. The largest absolute Gasteiger partial charge is 0.485 e. The van der Waals surface area contributed by atoms with Crippen LogP contribution in [0.25, 0.3) is 10.8 Å². The van der Waals surface area contributed by atoms with Crippen molar-refractivity contribution >= 4 is 44.9 Å². The Balaban J connectivity index is 1.43. The molecule has 0 unspecified atom stereocenters. The Kier molecular flexibility index (Phi) is 6.76. The summed E-state index contributed by atoms with van der Waals surface area (Å²) in [6.07, 6.45) is 0. The lowest BCUT2D eigenvalue weighted by molar-refractivity contribution is -0.115. The second kappa shape index (κ2) is 9.70. The standard InChI is InChI=1S/C23H25N5O2S2/c1-5-28-20(12-30-19-11-10-17-8-6-7-9-18(17)15(19)3)26-27-23(28)32-16(4)21(29)25-22-24-14(2)13-31-22/h6-11,13,16H,5,12H2,1-4H3,(H,24,25,29)/t16-/m1/s1. The van der Waals surface area contributed by atoms with Gasteiger partial charge in [-0.2, -0.15) is 0 Å². The molecule has 0 spiro atoms. The van der Waals surface area contributed by atoms with Crippen LogP contribution in [-0.4, -0.2) is 30.9 Å². The number of nitrogens with one attached hydrogen (secondary N) is 1. The number of thiazole rings is 1. The summed E-state index contributed by atoms with van der Waals surface area (Å²) in [5.41, 5.74) is 1.99. The van der Waals surface area contributed by atoms with Crippen molar-refractivity contribution in [3.63, 3.8) is 0 Å². The Morgan fingerprint density at radius 1 is 1.22 bits per heavy atom. The first kappa shape index (κ1) is 22.3. The van der Waals surface area contributed by atoms with Crippen LogP contribution in [0.15, 0.2) is 46.9 Å². The minimum absolute atomic E-state index is 0.111. The number of hydrogen-bond donors (Lipinski definition) is 1. The number of ether oxygens (including phenoxy) is 1. The van der Waals surface area contributed by atoms with Gasteiger partial charge in [0.1, 0.15) is 12.4 Å². The zero-order valence-corrected chi connectivity index (χ0v) is 20.1. The van der Waals surface area contributed by atoms with Crippen molar-refractivity contribution < 1.29 is 9.53 Å². The van der Waals surface area contributed by atoms with E-state index < -0.39 is 0 Å². The average Bonchev–Trinajstić information content (AvgIpc) is 3.38. The smallest absolute Gasteiger partial charge is 0.239 e. The minimum atomic E-state index is -0.342. The molecular weight excluding hydrogens is 442 g/mol. The molecule has 166 valence electrons. The molecule has 0 radical (unpaired) electrons. The van der Waals surface area contributed by atoms with Crippen molar-refractivity contribution in [3.05, 3.63) is 58.9 Å². The molecule has 2 heterocycles. The van der Waals surface area contributed by atoms with Crippen LogP contribution in [0.2, 0.25) is 0 Å². The third-order valence-electron chi connectivity index (χ3n) is 5.12. The Morgan fingerprint density at radius 2 is 2.03 bits per heavy atom. The average molecular weight is 468 g/mol. The van der Waals surface area contributed by atoms with Gasteiger partial charge in [0.15, 0.2) is 16.1 Å². The molecular formula is C23H25N5O2S2. The number of thioether (sulfide) groups is 1. The summed E-state index contributed by atoms with van der Waals surface area (Å²) in [5, 5.41) is 16.7. The second-order valence-corrected chi connectivity index (χ2v) is 9.55. The summed E-state index contributed by atoms with van der Waals surface area (Å²) in [6.45, 7) is 8.83. The lowest BCUT2D eigenvalue weighted by Gasteiger charge is -2.13. The van der Waals surface area contributed by atoms with Gasteiger partial charge in [-0.15, -0.1) is 21.5 Å². The van der Waals surface area contributed by atoms with Gasteiger partial charge in [-0.05, 0) is 50.1 Å². The lowest BCUT2D eigenvalue weighted by Crippen LogP contribution is -2.23. The molecule has 0 saturated carbocycles. The van der Waals surface area contributed by atoms with E-state index in [9.17, 15) is 4.79 Å². The van der Waals surface area contributed by atoms with Crippen LogP contribution < -0.4 is 10.1 Å². The first-order valence-corrected chi connectivity index (χ1v) is 12.1.